The number of benzene rings is 1. The van der Waals surface area contributed by atoms with Crippen molar-refractivity contribution in [1.29, 1.82) is 0 Å². The van der Waals surface area contributed by atoms with Gasteiger partial charge in [-0.1, -0.05) is 12.1 Å². The Morgan fingerprint density at radius 3 is 2.22 bits per heavy atom. The van der Waals surface area contributed by atoms with Crippen LogP contribution in [0.4, 0.5) is 0 Å². The fourth-order valence-electron chi connectivity index (χ4n) is 3.52. The Morgan fingerprint density at radius 1 is 1.04 bits per heavy atom. The van der Waals surface area contributed by atoms with E-state index in [4.69, 9.17) is 0 Å². The number of nitrogens with zero attached hydrogens (tertiary/aromatic N) is 2. The normalized spacial score (nSPS) is 23.9. The van der Waals surface area contributed by atoms with Crippen LogP contribution in [0.5, 0.6) is 0 Å². The summed E-state index contributed by atoms with van der Waals surface area (Å²) in [6.45, 7) is 4.69. The van der Waals surface area contributed by atoms with Gasteiger partial charge in [-0.15, -0.1) is 11.8 Å². The second kappa shape index (κ2) is 7.55. The fraction of sp³-hybridized carbons (Fsp3) is 0.647. The molecule has 0 saturated carbocycles. The molecule has 6 heteroatoms. The number of sulfone groups is 1. The van der Waals surface area contributed by atoms with E-state index < -0.39 is 9.84 Å². The first-order valence-electron chi connectivity index (χ1n) is 8.35. The summed E-state index contributed by atoms with van der Waals surface area (Å²) >= 11 is 1.78. The van der Waals surface area contributed by atoms with Crippen molar-refractivity contribution in [3.8, 4) is 0 Å². The van der Waals surface area contributed by atoms with Crippen molar-refractivity contribution in [2.75, 3.05) is 43.9 Å². The molecule has 0 spiro atoms. The average molecular weight is 355 g/mol. The van der Waals surface area contributed by atoms with Crippen LogP contribution in [0, 0.1) is 0 Å². The topological polar surface area (TPSA) is 40.6 Å². The smallest absolute Gasteiger partial charge is 0.152 e. The maximum Gasteiger partial charge on any atom is 0.152 e. The van der Waals surface area contributed by atoms with E-state index >= 15 is 0 Å². The zero-order valence-corrected chi connectivity index (χ0v) is 15.4. The van der Waals surface area contributed by atoms with Crippen LogP contribution in [0.3, 0.4) is 0 Å². The van der Waals surface area contributed by atoms with E-state index in [1.165, 1.54) is 10.5 Å². The SMILES string of the molecule is CSc1ccc(CN2CCC(N3CCS(=O)(=O)CC3)CC2)cc1. The van der Waals surface area contributed by atoms with Gasteiger partial charge >= 0.3 is 0 Å². The van der Waals surface area contributed by atoms with E-state index in [-0.39, 0.29) is 0 Å². The van der Waals surface area contributed by atoms with Crippen molar-refractivity contribution >= 4 is 21.6 Å². The molecule has 0 amide bonds. The molecule has 23 heavy (non-hydrogen) atoms. The lowest BCUT2D eigenvalue weighted by molar-refractivity contribution is 0.111. The van der Waals surface area contributed by atoms with Crippen molar-refractivity contribution in [3.63, 3.8) is 0 Å². The molecule has 128 valence electrons. The molecule has 0 aromatic heterocycles. The van der Waals surface area contributed by atoms with Crippen LogP contribution < -0.4 is 0 Å². The number of likely N-dealkylation sites (tertiary alicyclic amines) is 1. The van der Waals surface area contributed by atoms with Crippen molar-refractivity contribution in [2.24, 2.45) is 0 Å². The Bertz CT molecular complexity index is 594. The predicted octanol–water partition coefficient (Wildman–Crippen LogP) is 2.10. The summed E-state index contributed by atoms with van der Waals surface area (Å²) in [4.78, 5) is 6.23. The quantitative estimate of drug-likeness (QED) is 0.775. The van der Waals surface area contributed by atoms with Gasteiger partial charge in [-0.05, 0) is 49.9 Å². The third kappa shape index (κ3) is 4.72. The van der Waals surface area contributed by atoms with E-state index in [1.54, 1.807) is 11.8 Å². The zero-order valence-electron chi connectivity index (χ0n) is 13.8. The maximum absolute atomic E-state index is 11.5. The summed E-state index contributed by atoms with van der Waals surface area (Å²) < 4.78 is 23.1. The summed E-state index contributed by atoms with van der Waals surface area (Å²) in [5.41, 5.74) is 1.38. The lowest BCUT2D eigenvalue weighted by Crippen LogP contribution is -2.50. The minimum Gasteiger partial charge on any atom is -0.299 e. The van der Waals surface area contributed by atoms with Gasteiger partial charge in [-0.3, -0.25) is 9.80 Å². The Hall–Kier alpha value is -0.560. The van der Waals surface area contributed by atoms with Crippen molar-refractivity contribution in [3.05, 3.63) is 29.8 Å². The van der Waals surface area contributed by atoms with E-state index in [0.717, 1.165) is 45.6 Å². The highest BCUT2D eigenvalue weighted by molar-refractivity contribution is 7.98. The minimum atomic E-state index is -2.77. The number of rotatable bonds is 4. The van der Waals surface area contributed by atoms with Crippen LogP contribution in [-0.4, -0.2) is 68.2 Å². The minimum absolute atomic E-state index is 0.342. The third-order valence-corrected chi connectivity index (χ3v) is 7.37. The molecule has 2 heterocycles. The lowest BCUT2D eigenvalue weighted by Gasteiger charge is -2.40. The van der Waals surface area contributed by atoms with Crippen LogP contribution >= 0.6 is 11.8 Å². The van der Waals surface area contributed by atoms with Gasteiger partial charge in [0.05, 0.1) is 11.5 Å². The van der Waals surface area contributed by atoms with Gasteiger partial charge in [0.25, 0.3) is 0 Å². The molecular formula is C17H26N2O2S2. The summed E-state index contributed by atoms with van der Waals surface area (Å²) in [5.74, 6) is 0.685. The summed E-state index contributed by atoms with van der Waals surface area (Å²) in [5, 5.41) is 0. The van der Waals surface area contributed by atoms with E-state index in [0.29, 0.717) is 17.5 Å². The second-order valence-corrected chi connectivity index (χ2v) is 9.73. The molecule has 1 aromatic rings. The molecule has 0 bridgehead atoms. The van der Waals surface area contributed by atoms with Gasteiger partial charge in [0.15, 0.2) is 9.84 Å². The van der Waals surface area contributed by atoms with Crippen molar-refractivity contribution in [1.82, 2.24) is 9.80 Å². The predicted molar refractivity (Wildman–Crippen MR) is 96.7 cm³/mol. The van der Waals surface area contributed by atoms with Crippen molar-refractivity contribution in [2.45, 2.75) is 30.3 Å². The maximum atomic E-state index is 11.5. The molecule has 2 saturated heterocycles. The van der Waals surface area contributed by atoms with Gasteiger partial charge in [-0.2, -0.15) is 0 Å². The average Bonchev–Trinajstić information content (AvgIpc) is 2.56. The van der Waals surface area contributed by atoms with Crippen LogP contribution in [0.25, 0.3) is 0 Å². The number of piperidine rings is 1. The highest BCUT2D eigenvalue weighted by atomic mass is 32.2. The molecule has 4 nitrogen and oxygen atoms in total. The Labute approximate surface area is 144 Å². The first-order valence-corrected chi connectivity index (χ1v) is 11.4. The summed E-state index contributed by atoms with van der Waals surface area (Å²) in [7, 11) is -2.77. The zero-order chi connectivity index (χ0) is 16.3. The molecule has 3 rings (SSSR count). The molecule has 0 radical (unpaired) electrons. The monoisotopic (exact) mass is 354 g/mol. The molecule has 2 aliphatic rings. The summed E-state index contributed by atoms with van der Waals surface area (Å²) in [6, 6.07) is 9.42. The highest BCUT2D eigenvalue weighted by Gasteiger charge is 2.29. The van der Waals surface area contributed by atoms with E-state index in [9.17, 15) is 8.42 Å². The molecule has 2 fully saturated rings. The van der Waals surface area contributed by atoms with Gasteiger partial charge in [0.1, 0.15) is 0 Å². The van der Waals surface area contributed by atoms with Crippen LogP contribution in [0.1, 0.15) is 18.4 Å². The van der Waals surface area contributed by atoms with E-state index in [1.807, 2.05) is 0 Å². The lowest BCUT2D eigenvalue weighted by atomic mass is 10.0. The largest absolute Gasteiger partial charge is 0.299 e. The van der Waals surface area contributed by atoms with Crippen LogP contribution in [-0.2, 0) is 16.4 Å². The molecular weight excluding hydrogens is 328 g/mol. The fourth-order valence-corrected chi connectivity index (χ4v) is 5.16. The van der Waals surface area contributed by atoms with Crippen LogP contribution in [0.15, 0.2) is 29.2 Å². The van der Waals surface area contributed by atoms with Crippen LogP contribution in [0.2, 0.25) is 0 Å². The number of hydrogen-bond donors (Lipinski definition) is 0. The first-order chi connectivity index (χ1) is 11.1. The summed E-state index contributed by atoms with van der Waals surface area (Å²) in [6.07, 6.45) is 4.41. The Kier molecular flexibility index (Phi) is 5.67. The van der Waals surface area contributed by atoms with Gasteiger partial charge in [0, 0.05) is 30.6 Å². The third-order valence-electron chi connectivity index (χ3n) is 5.02. The molecule has 0 aliphatic carbocycles. The standard InChI is InChI=1S/C17H26N2O2S2/c1-22-17-4-2-15(3-5-17)14-18-8-6-16(7-9-18)19-10-12-23(20,21)13-11-19/h2-5,16H,6-14H2,1H3. The highest BCUT2D eigenvalue weighted by Crippen LogP contribution is 2.21. The molecule has 0 atom stereocenters. The Balaban J connectivity index is 1.46. The molecule has 0 unspecified atom stereocenters. The second-order valence-electron chi connectivity index (χ2n) is 6.54. The van der Waals surface area contributed by atoms with Gasteiger partial charge in [0.2, 0.25) is 0 Å². The van der Waals surface area contributed by atoms with Gasteiger partial charge in [-0.25, -0.2) is 8.42 Å². The van der Waals surface area contributed by atoms with Crippen molar-refractivity contribution < 1.29 is 8.42 Å². The number of hydrogen-bond acceptors (Lipinski definition) is 5. The molecule has 2 aliphatic heterocycles. The first kappa shape index (κ1) is 17.3. The van der Waals surface area contributed by atoms with Gasteiger partial charge < -0.3 is 0 Å². The molecule has 1 aromatic carbocycles. The number of thioether (sulfide) groups is 1. The molecule has 0 N–H and O–H groups in total. The van der Waals surface area contributed by atoms with E-state index in [2.05, 4.69) is 40.3 Å². The Morgan fingerprint density at radius 2 is 1.65 bits per heavy atom.